The van der Waals surface area contributed by atoms with Crippen molar-refractivity contribution in [3.05, 3.63) is 0 Å². The van der Waals surface area contributed by atoms with Crippen LogP contribution in [-0.4, -0.2) is 35.0 Å². The summed E-state index contributed by atoms with van der Waals surface area (Å²) in [6.45, 7) is 8.47. The SMILES string of the molecule is CC(CO)CCCN1C(=O)CC(C)(C(C)C)C1=O. The molecule has 0 radical (unpaired) electrons. The molecule has 0 saturated carbocycles. The summed E-state index contributed by atoms with van der Waals surface area (Å²) >= 11 is 0. The average Bonchev–Trinajstić information content (AvgIpc) is 2.53. The van der Waals surface area contributed by atoms with E-state index in [2.05, 4.69) is 0 Å². The van der Waals surface area contributed by atoms with Crippen molar-refractivity contribution >= 4 is 11.8 Å². The number of hydrogen-bond donors (Lipinski definition) is 1. The molecule has 1 N–H and O–H groups in total. The van der Waals surface area contributed by atoms with E-state index in [1.807, 2.05) is 27.7 Å². The number of carbonyl (C=O) groups excluding carboxylic acids is 2. The number of imide groups is 1. The van der Waals surface area contributed by atoms with Gasteiger partial charge in [-0.3, -0.25) is 14.5 Å². The second kappa shape index (κ2) is 5.83. The standard InChI is InChI=1S/C14H25NO3/c1-10(2)14(4)8-12(17)15(13(14)18)7-5-6-11(3)9-16/h10-11,16H,5-9H2,1-4H3. The smallest absolute Gasteiger partial charge is 0.235 e. The molecule has 0 aromatic heterocycles. The Morgan fingerprint density at radius 3 is 2.39 bits per heavy atom. The van der Waals surface area contributed by atoms with Crippen molar-refractivity contribution in [1.29, 1.82) is 0 Å². The largest absolute Gasteiger partial charge is 0.396 e. The number of aliphatic hydroxyl groups is 1. The van der Waals surface area contributed by atoms with Crippen LogP contribution in [0, 0.1) is 17.3 Å². The lowest BCUT2D eigenvalue weighted by Gasteiger charge is -2.26. The minimum Gasteiger partial charge on any atom is -0.396 e. The van der Waals surface area contributed by atoms with Gasteiger partial charge in [0.2, 0.25) is 11.8 Å². The molecule has 104 valence electrons. The number of hydrogen-bond acceptors (Lipinski definition) is 3. The molecule has 1 saturated heterocycles. The lowest BCUT2D eigenvalue weighted by molar-refractivity contribution is -0.142. The molecule has 1 rings (SSSR count). The number of aliphatic hydroxyl groups excluding tert-OH is 1. The van der Waals surface area contributed by atoms with E-state index >= 15 is 0 Å². The summed E-state index contributed by atoms with van der Waals surface area (Å²) in [5.74, 6) is 0.330. The fraction of sp³-hybridized carbons (Fsp3) is 0.857. The maximum absolute atomic E-state index is 12.3. The molecule has 1 aliphatic rings. The van der Waals surface area contributed by atoms with Gasteiger partial charge in [0.05, 0.1) is 5.41 Å². The second-order valence-electron chi connectivity index (χ2n) is 6.03. The normalized spacial score (nSPS) is 26.2. The zero-order valence-corrected chi connectivity index (χ0v) is 11.9. The van der Waals surface area contributed by atoms with E-state index in [0.29, 0.717) is 13.0 Å². The van der Waals surface area contributed by atoms with Gasteiger partial charge < -0.3 is 5.11 Å². The first-order valence-corrected chi connectivity index (χ1v) is 6.78. The van der Waals surface area contributed by atoms with Gasteiger partial charge >= 0.3 is 0 Å². The molecule has 2 amide bonds. The highest BCUT2D eigenvalue weighted by atomic mass is 16.3. The molecule has 1 heterocycles. The van der Waals surface area contributed by atoms with Crippen LogP contribution in [0.5, 0.6) is 0 Å². The van der Waals surface area contributed by atoms with Gasteiger partial charge in [-0.05, 0) is 31.6 Å². The molecule has 1 aliphatic heterocycles. The third-order valence-electron chi connectivity index (χ3n) is 4.22. The van der Waals surface area contributed by atoms with Crippen LogP contribution in [0.25, 0.3) is 0 Å². The van der Waals surface area contributed by atoms with Crippen LogP contribution in [-0.2, 0) is 9.59 Å². The van der Waals surface area contributed by atoms with Crippen molar-refractivity contribution in [3.63, 3.8) is 0 Å². The van der Waals surface area contributed by atoms with E-state index in [-0.39, 0.29) is 30.3 Å². The molecular formula is C14H25NO3. The second-order valence-corrected chi connectivity index (χ2v) is 6.03. The monoisotopic (exact) mass is 255 g/mol. The molecule has 0 aromatic carbocycles. The van der Waals surface area contributed by atoms with Gasteiger partial charge in [-0.15, -0.1) is 0 Å². The van der Waals surface area contributed by atoms with Gasteiger partial charge in [-0.2, -0.15) is 0 Å². The van der Waals surface area contributed by atoms with Gasteiger partial charge in [0, 0.05) is 19.6 Å². The van der Waals surface area contributed by atoms with Crippen LogP contribution in [0.2, 0.25) is 0 Å². The molecule has 4 nitrogen and oxygen atoms in total. The van der Waals surface area contributed by atoms with Crippen molar-refractivity contribution in [1.82, 2.24) is 4.90 Å². The Balaban J connectivity index is 2.58. The quantitative estimate of drug-likeness (QED) is 0.736. The molecular weight excluding hydrogens is 230 g/mol. The van der Waals surface area contributed by atoms with Crippen LogP contribution in [0.3, 0.4) is 0 Å². The average molecular weight is 255 g/mol. The molecule has 4 heteroatoms. The van der Waals surface area contributed by atoms with Gasteiger partial charge in [0.25, 0.3) is 0 Å². The van der Waals surface area contributed by atoms with Crippen LogP contribution in [0.1, 0.15) is 47.0 Å². The van der Waals surface area contributed by atoms with Crippen molar-refractivity contribution in [2.75, 3.05) is 13.2 Å². The third-order valence-corrected chi connectivity index (χ3v) is 4.22. The Bertz CT molecular complexity index is 327. The van der Waals surface area contributed by atoms with E-state index in [4.69, 9.17) is 5.11 Å². The summed E-state index contributed by atoms with van der Waals surface area (Å²) in [6.07, 6.45) is 1.94. The van der Waals surface area contributed by atoms with Crippen molar-refractivity contribution < 1.29 is 14.7 Å². The first-order valence-electron chi connectivity index (χ1n) is 6.78. The van der Waals surface area contributed by atoms with Crippen molar-refractivity contribution in [2.24, 2.45) is 17.3 Å². The summed E-state index contributed by atoms with van der Waals surface area (Å²) < 4.78 is 0. The van der Waals surface area contributed by atoms with Crippen LogP contribution >= 0.6 is 0 Å². The molecule has 0 aromatic rings. The fourth-order valence-electron chi connectivity index (χ4n) is 2.27. The predicted octanol–water partition coefficient (Wildman–Crippen LogP) is 1.82. The van der Waals surface area contributed by atoms with Crippen LogP contribution < -0.4 is 0 Å². The molecule has 18 heavy (non-hydrogen) atoms. The summed E-state index contributed by atoms with van der Waals surface area (Å²) in [4.78, 5) is 25.6. The van der Waals surface area contributed by atoms with Crippen molar-refractivity contribution in [3.8, 4) is 0 Å². The van der Waals surface area contributed by atoms with Crippen molar-refractivity contribution in [2.45, 2.75) is 47.0 Å². The molecule has 0 bridgehead atoms. The molecule has 2 atom stereocenters. The zero-order chi connectivity index (χ0) is 13.9. The Hall–Kier alpha value is -0.900. The molecule has 0 spiro atoms. The maximum Gasteiger partial charge on any atom is 0.235 e. The number of amides is 2. The predicted molar refractivity (Wildman–Crippen MR) is 69.8 cm³/mol. The Kier molecular flexibility index (Phi) is 4.91. The highest BCUT2D eigenvalue weighted by Crippen LogP contribution is 2.39. The first kappa shape index (κ1) is 15.2. The van der Waals surface area contributed by atoms with E-state index in [9.17, 15) is 9.59 Å². The summed E-state index contributed by atoms with van der Waals surface area (Å²) in [7, 11) is 0. The lowest BCUT2D eigenvalue weighted by Crippen LogP contribution is -2.37. The minimum atomic E-state index is -0.528. The number of likely N-dealkylation sites (tertiary alicyclic amines) is 1. The highest BCUT2D eigenvalue weighted by molar-refractivity contribution is 6.05. The topological polar surface area (TPSA) is 57.6 Å². The lowest BCUT2D eigenvalue weighted by atomic mass is 9.78. The molecule has 1 fully saturated rings. The van der Waals surface area contributed by atoms with E-state index in [0.717, 1.165) is 12.8 Å². The summed E-state index contributed by atoms with van der Waals surface area (Å²) in [5.41, 5.74) is -0.528. The van der Waals surface area contributed by atoms with Crippen LogP contribution in [0.4, 0.5) is 0 Å². The van der Waals surface area contributed by atoms with E-state index < -0.39 is 5.41 Å². The summed E-state index contributed by atoms with van der Waals surface area (Å²) in [6, 6.07) is 0. The number of carbonyl (C=O) groups is 2. The highest BCUT2D eigenvalue weighted by Gasteiger charge is 2.49. The van der Waals surface area contributed by atoms with Gasteiger partial charge in [0.1, 0.15) is 0 Å². The Morgan fingerprint density at radius 1 is 1.33 bits per heavy atom. The fourth-order valence-corrected chi connectivity index (χ4v) is 2.27. The van der Waals surface area contributed by atoms with Gasteiger partial charge in [0.15, 0.2) is 0 Å². The Morgan fingerprint density at radius 2 is 1.94 bits per heavy atom. The van der Waals surface area contributed by atoms with Crippen LogP contribution in [0.15, 0.2) is 0 Å². The van der Waals surface area contributed by atoms with Gasteiger partial charge in [-0.1, -0.05) is 20.8 Å². The summed E-state index contributed by atoms with van der Waals surface area (Å²) in [5, 5.41) is 8.94. The Labute approximate surface area is 109 Å². The number of rotatable bonds is 6. The first-order chi connectivity index (χ1) is 8.32. The third kappa shape index (κ3) is 2.91. The molecule has 2 unspecified atom stereocenters. The van der Waals surface area contributed by atoms with E-state index in [1.54, 1.807) is 0 Å². The zero-order valence-electron chi connectivity index (χ0n) is 11.9. The number of nitrogens with zero attached hydrogens (tertiary/aromatic N) is 1. The molecule has 0 aliphatic carbocycles. The maximum atomic E-state index is 12.3. The minimum absolute atomic E-state index is 0.0286. The van der Waals surface area contributed by atoms with Gasteiger partial charge in [-0.25, -0.2) is 0 Å². The van der Waals surface area contributed by atoms with E-state index in [1.165, 1.54) is 4.90 Å².